The average molecular weight is 298 g/mol. The summed E-state index contributed by atoms with van der Waals surface area (Å²) < 4.78 is 23.8. The van der Waals surface area contributed by atoms with E-state index in [1.54, 1.807) is 24.3 Å². The minimum Gasteiger partial charge on any atom is -0.355 e. The van der Waals surface area contributed by atoms with Gasteiger partial charge in [0.15, 0.2) is 5.78 Å². The Morgan fingerprint density at radius 2 is 1.70 bits per heavy atom. The topological polar surface area (TPSA) is 92.3 Å². The highest BCUT2D eigenvalue weighted by Crippen LogP contribution is 2.04. The van der Waals surface area contributed by atoms with Gasteiger partial charge in [0.05, 0.1) is 6.26 Å². The van der Waals surface area contributed by atoms with Crippen LogP contribution in [0.3, 0.4) is 0 Å². The summed E-state index contributed by atoms with van der Waals surface area (Å²) in [6.45, 7) is 0.336. The molecule has 1 amide bonds. The fourth-order valence-corrected chi connectivity index (χ4v) is 2.00. The second-order valence-electron chi connectivity index (χ2n) is 4.31. The molecule has 0 saturated heterocycles. The average Bonchev–Trinajstić information content (AvgIpc) is 2.41. The summed E-state index contributed by atoms with van der Waals surface area (Å²) in [7, 11) is -3.24. The van der Waals surface area contributed by atoms with Crippen molar-refractivity contribution in [3.63, 3.8) is 0 Å². The van der Waals surface area contributed by atoms with E-state index in [-0.39, 0.29) is 37.6 Å². The standard InChI is InChI=1S/C13H18N2O4S/c1-20(18,19)15-10-9-14-13(17)8-7-12(16)11-5-3-2-4-6-11/h2-6,15H,7-10H2,1H3,(H,14,17). The molecule has 20 heavy (non-hydrogen) atoms. The summed E-state index contributed by atoms with van der Waals surface area (Å²) >= 11 is 0. The molecule has 0 unspecified atom stereocenters. The summed E-state index contributed by atoms with van der Waals surface area (Å²) in [6, 6.07) is 8.76. The summed E-state index contributed by atoms with van der Waals surface area (Å²) in [5, 5.41) is 2.54. The summed E-state index contributed by atoms with van der Waals surface area (Å²) in [5.41, 5.74) is 0.582. The van der Waals surface area contributed by atoms with Crippen molar-refractivity contribution in [1.29, 1.82) is 0 Å². The Balaban J connectivity index is 2.22. The van der Waals surface area contributed by atoms with E-state index in [0.29, 0.717) is 5.56 Å². The first-order chi connectivity index (χ1) is 9.38. The molecule has 2 N–H and O–H groups in total. The molecule has 0 aliphatic rings. The van der Waals surface area contributed by atoms with Crippen molar-refractivity contribution in [2.45, 2.75) is 12.8 Å². The lowest BCUT2D eigenvalue weighted by molar-refractivity contribution is -0.121. The molecule has 0 saturated carbocycles. The van der Waals surface area contributed by atoms with Gasteiger partial charge in [0.25, 0.3) is 0 Å². The molecule has 0 aliphatic carbocycles. The number of hydrogen-bond acceptors (Lipinski definition) is 4. The molecule has 1 aromatic rings. The monoisotopic (exact) mass is 298 g/mol. The van der Waals surface area contributed by atoms with Gasteiger partial charge in [-0.2, -0.15) is 0 Å². The Morgan fingerprint density at radius 1 is 1.05 bits per heavy atom. The molecular formula is C13H18N2O4S. The molecule has 110 valence electrons. The van der Waals surface area contributed by atoms with Crippen LogP contribution in [0.2, 0.25) is 0 Å². The van der Waals surface area contributed by atoms with Crippen LogP contribution in [0.25, 0.3) is 0 Å². The fourth-order valence-electron chi connectivity index (χ4n) is 1.52. The molecule has 0 aromatic heterocycles. The van der Waals surface area contributed by atoms with Crippen molar-refractivity contribution in [2.75, 3.05) is 19.3 Å². The molecule has 1 aromatic carbocycles. The molecule has 0 atom stereocenters. The van der Waals surface area contributed by atoms with Gasteiger partial charge in [-0.3, -0.25) is 9.59 Å². The zero-order valence-electron chi connectivity index (χ0n) is 11.3. The molecule has 0 fully saturated rings. The lowest BCUT2D eigenvalue weighted by Gasteiger charge is -2.05. The van der Waals surface area contributed by atoms with Gasteiger partial charge in [-0.05, 0) is 0 Å². The first-order valence-corrected chi connectivity index (χ1v) is 8.07. The van der Waals surface area contributed by atoms with Crippen molar-refractivity contribution in [1.82, 2.24) is 10.0 Å². The van der Waals surface area contributed by atoms with E-state index in [0.717, 1.165) is 6.26 Å². The van der Waals surface area contributed by atoms with Crippen molar-refractivity contribution < 1.29 is 18.0 Å². The van der Waals surface area contributed by atoms with Crippen molar-refractivity contribution in [2.24, 2.45) is 0 Å². The molecule has 0 spiro atoms. The van der Waals surface area contributed by atoms with Crippen LogP contribution in [-0.2, 0) is 14.8 Å². The fraction of sp³-hybridized carbons (Fsp3) is 0.385. The number of ketones is 1. The summed E-state index contributed by atoms with van der Waals surface area (Å²) in [6.07, 6.45) is 1.27. The molecule has 1 rings (SSSR count). The summed E-state index contributed by atoms with van der Waals surface area (Å²) in [4.78, 5) is 23.2. The van der Waals surface area contributed by atoms with Gasteiger partial charge in [-0.25, -0.2) is 13.1 Å². The van der Waals surface area contributed by atoms with Gasteiger partial charge >= 0.3 is 0 Å². The zero-order valence-corrected chi connectivity index (χ0v) is 12.1. The van der Waals surface area contributed by atoms with Crippen LogP contribution in [0.4, 0.5) is 0 Å². The van der Waals surface area contributed by atoms with E-state index < -0.39 is 10.0 Å². The first-order valence-electron chi connectivity index (χ1n) is 6.18. The molecule has 0 bridgehead atoms. The molecule has 0 aliphatic heterocycles. The van der Waals surface area contributed by atoms with E-state index in [9.17, 15) is 18.0 Å². The number of hydrogen-bond donors (Lipinski definition) is 2. The minimum absolute atomic E-state index is 0.0880. The highest BCUT2D eigenvalue weighted by atomic mass is 32.2. The van der Waals surface area contributed by atoms with Gasteiger partial charge < -0.3 is 5.32 Å². The lowest BCUT2D eigenvalue weighted by atomic mass is 10.1. The Kier molecular flexibility index (Phi) is 6.33. The second kappa shape index (κ2) is 7.76. The second-order valence-corrected chi connectivity index (χ2v) is 6.14. The molecule has 7 heteroatoms. The van der Waals surface area contributed by atoms with E-state index in [1.807, 2.05) is 6.07 Å². The van der Waals surface area contributed by atoms with Gasteiger partial charge in [0, 0.05) is 31.5 Å². The van der Waals surface area contributed by atoms with Gasteiger partial charge in [0.2, 0.25) is 15.9 Å². The number of carbonyl (C=O) groups is 2. The predicted octanol–water partition coefficient (Wildman–Crippen LogP) is 0.315. The number of amides is 1. The van der Waals surface area contributed by atoms with Crippen LogP contribution < -0.4 is 10.0 Å². The highest BCUT2D eigenvalue weighted by molar-refractivity contribution is 7.88. The van der Waals surface area contributed by atoms with Gasteiger partial charge in [0.1, 0.15) is 0 Å². The summed E-state index contributed by atoms with van der Waals surface area (Å²) in [5.74, 6) is -0.361. The highest BCUT2D eigenvalue weighted by Gasteiger charge is 2.08. The quantitative estimate of drug-likeness (QED) is 0.534. The maximum atomic E-state index is 11.7. The normalized spacial score (nSPS) is 11.1. The largest absolute Gasteiger partial charge is 0.355 e. The Hall–Kier alpha value is -1.73. The third-order valence-corrected chi connectivity index (χ3v) is 3.21. The van der Waals surface area contributed by atoms with Crippen LogP contribution >= 0.6 is 0 Å². The van der Waals surface area contributed by atoms with Gasteiger partial charge in [-0.1, -0.05) is 30.3 Å². The maximum Gasteiger partial charge on any atom is 0.220 e. The Bertz CT molecular complexity index is 555. The lowest BCUT2D eigenvalue weighted by Crippen LogP contribution is -2.34. The van der Waals surface area contributed by atoms with E-state index in [2.05, 4.69) is 10.0 Å². The number of carbonyl (C=O) groups excluding carboxylic acids is 2. The van der Waals surface area contributed by atoms with Crippen molar-refractivity contribution >= 4 is 21.7 Å². The Labute approximate surface area is 118 Å². The predicted molar refractivity (Wildman–Crippen MR) is 75.9 cm³/mol. The number of benzene rings is 1. The van der Waals surface area contributed by atoms with Crippen LogP contribution in [0.1, 0.15) is 23.2 Å². The van der Waals surface area contributed by atoms with E-state index >= 15 is 0 Å². The van der Waals surface area contributed by atoms with E-state index in [1.165, 1.54) is 0 Å². The van der Waals surface area contributed by atoms with Gasteiger partial charge in [-0.15, -0.1) is 0 Å². The molecule has 0 heterocycles. The van der Waals surface area contributed by atoms with Crippen LogP contribution in [0, 0.1) is 0 Å². The van der Waals surface area contributed by atoms with E-state index in [4.69, 9.17) is 0 Å². The minimum atomic E-state index is -3.24. The first kappa shape index (κ1) is 16.3. The number of sulfonamides is 1. The molecule has 6 nitrogen and oxygen atoms in total. The maximum absolute atomic E-state index is 11.7. The van der Waals surface area contributed by atoms with Crippen LogP contribution in [0.5, 0.6) is 0 Å². The van der Waals surface area contributed by atoms with Crippen molar-refractivity contribution in [3.05, 3.63) is 35.9 Å². The van der Waals surface area contributed by atoms with Crippen molar-refractivity contribution in [3.8, 4) is 0 Å². The number of nitrogens with one attached hydrogen (secondary N) is 2. The number of rotatable bonds is 8. The van der Waals surface area contributed by atoms with Crippen LogP contribution in [0.15, 0.2) is 30.3 Å². The molecular weight excluding hydrogens is 280 g/mol. The van der Waals surface area contributed by atoms with Crippen LogP contribution in [-0.4, -0.2) is 39.5 Å². The SMILES string of the molecule is CS(=O)(=O)NCCNC(=O)CCC(=O)c1ccccc1. The molecule has 0 radical (unpaired) electrons. The smallest absolute Gasteiger partial charge is 0.220 e. The number of Topliss-reactive ketones (excluding diaryl/α,β-unsaturated/α-hetero) is 1. The zero-order chi connectivity index (χ0) is 15.0. The third-order valence-electron chi connectivity index (χ3n) is 2.49. The third kappa shape index (κ3) is 7.01. The Morgan fingerprint density at radius 3 is 2.30 bits per heavy atom.